The van der Waals surface area contributed by atoms with E-state index in [0.717, 1.165) is 30.8 Å². The lowest BCUT2D eigenvalue weighted by atomic mass is 10.1. The quantitative estimate of drug-likeness (QED) is 0.508. The van der Waals surface area contributed by atoms with Crippen LogP contribution in [-0.2, 0) is 27.3 Å². The van der Waals surface area contributed by atoms with Crippen LogP contribution in [0.5, 0.6) is 11.5 Å². The van der Waals surface area contributed by atoms with Crippen molar-refractivity contribution >= 4 is 23.4 Å². The molecule has 1 heterocycles. The molecule has 1 aliphatic heterocycles. The molecule has 190 valence electrons. The normalized spacial score (nSPS) is 14.7. The van der Waals surface area contributed by atoms with Gasteiger partial charge in [0.15, 0.2) is 11.5 Å². The maximum Gasteiger partial charge on any atom is 0.242 e. The van der Waals surface area contributed by atoms with Crippen LogP contribution in [0, 0.1) is 0 Å². The first-order valence-corrected chi connectivity index (χ1v) is 12.1. The molecule has 0 bridgehead atoms. The molecule has 8 nitrogen and oxygen atoms in total. The number of carbonyl (C=O) groups is 2. The standard InChI is InChI=1S/C26H34ClN3O5/c1-19(26(32)28-10-11-29-12-14-35-15-13-29)30(18-20-4-7-22(27)8-5-20)25(31)17-21-6-9-23(33-2)24(16-21)34-3/h4-9,16,19H,10-15,17-18H2,1-3H3,(H,28,32). The van der Waals surface area contributed by atoms with Crippen LogP contribution in [-0.4, -0.2) is 81.3 Å². The van der Waals surface area contributed by atoms with E-state index >= 15 is 0 Å². The maximum absolute atomic E-state index is 13.4. The average Bonchev–Trinajstić information content (AvgIpc) is 2.88. The number of benzene rings is 2. The summed E-state index contributed by atoms with van der Waals surface area (Å²) in [6.07, 6.45) is 0.124. The predicted molar refractivity (Wildman–Crippen MR) is 135 cm³/mol. The zero-order chi connectivity index (χ0) is 25.2. The predicted octanol–water partition coefficient (Wildman–Crippen LogP) is 2.77. The summed E-state index contributed by atoms with van der Waals surface area (Å²) in [7, 11) is 3.12. The second kappa shape index (κ2) is 13.3. The molecular weight excluding hydrogens is 470 g/mol. The largest absolute Gasteiger partial charge is 0.493 e. The Morgan fingerprint density at radius 1 is 1.06 bits per heavy atom. The van der Waals surface area contributed by atoms with E-state index in [1.165, 1.54) is 0 Å². The van der Waals surface area contributed by atoms with Crippen molar-refractivity contribution in [3.05, 3.63) is 58.6 Å². The third kappa shape index (κ3) is 7.85. The van der Waals surface area contributed by atoms with Gasteiger partial charge < -0.3 is 24.4 Å². The Balaban J connectivity index is 1.70. The number of rotatable bonds is 11. The zero-order valence-corrected chi connectivity index (χ0v) is 21.3. The zero-order valence-electron chi connectivity index (χ0n) is 20.6. The summed E-state index contributed by atoms with van der Waals surface area (Å²) >= 11 is 6.03. The van der Waals surface area contributed by atoms with Gasteiger partial charge in [0, 0.05) is 37.7 Å². The monoisotopic (exact) mass is 503 g/mol. The second-order valence-corrected chi connectivity index (χ2v) is 8.87. The van der Waals surface area contributed by atoms with Crippen molar-refractivity contribution in [3.63, 3.8) is 0 Å². The van der Waals surface area contributed by atoms with Gasteiger partial charge in [-0.25, -0.2) is 0 Å². The minimum absolute atomic E-state index is 0.124. The van der Waals surface area contributed by atoms with Gasteiger partial charge in [-0.15, -0.1) is 0 Å². The van der Waals surface area contributed by atoms with Gasteiger partial charge in [-0.05, 0) is 42.3 Å². The second-order valence-electron chi connectivity index (χ2n) is 8.44. The summed E-state index contributed by atoms with van der Waals surface area (Å²) in [5.41, 5.74) is 1.66. The molecule has 2 aromatic carbocycles. The fourth-order valence-corrected chi connectivity index (χ4v) is 4.07. The van der Waals surface area contributed by atoms with Crippen LogP contribution in [0.3, 0.4) is 0 Å². The number of nitrogens with one attached hydrogen (secondary N) is 1. The van der Waals surface area contributed by atoms with E-state index in [4.69, 9.17) is 25.8 Å². The molecule has 1 fully saturated rings. The van der Waals surface area contributed by atoms with Gasteiger partial charge in [-0.1, -0.05) is 29.8 Å². The summed E-state index contributed by atoms with van der Waals surface area (Å²) in [6, 6.07) is 12.0. The topological polar surface area (TPSA) is 80.3 Å². The van der Waals surface area contributed by atoms with E-state index in [1.807, 2.05) is 18.2 Å². The van der Waals surface area contributed by atoms with Crippen molar-refractivity contribution in [2.45, 2.75) is 25.9 Å². The fourth-order valence-electron chi connectivity index (χ4n) is 3.95. The molecule has 1 saturated heterocycles. The molecule has 0 saturated carbocycles. The van der Waals surface area contributed by atoms with Gasteiger partial charge >= 0.3 is 0 Å². The van der Waals surface area contributed by atoms with Crippen LogP contribution in [0.15, 0.2) is 42.5 Å². The molecule has 0 spiro atoms. The first-order chi connectivity index (χ1) is 16.9. The Kier molecular flexibility index (Phi) is 10.2. The summed E-state index contributed by atoms with van der Waals surface area (Å²) in [5.74, 6) is 0.793. The van der Waals surface area contributed by atoms with Crippen LogP contribution >= 0.6 is 11.6 Å². The molecule has 2 amide bonds. The van der Waals surface area contributed by atoms with Crippen LogP contribution < -0.4 is 14.8 Å². The van der Waals surface area contributed by atoms with Gasteiger partial charge in [-0.2, -0.15) is 0 Å². The fraction of sp³-hybridized carbons (Fsp3) is 0.462. The Hall–Kier alpha value is -2.81. The first kappa shape index (κ1) is 26.8. The molecule has 2 aromatic rings. The number of methoxy groups -OCH3 is 2. The molecular formula is C26H34ClN3O5. The van der Waals surface area contributed by atoms with E-state index < -0.39 is 6.04 Å². The van der Waals surface area contributed by atoms with Crippen molar-refractivity contribution < 1.29 is 23.8 Å². The van der Waals surface area contributed by atoms with Crippen molar-refractivity contribution in [2.24, 2.45) is 0 Å². The van der Waals surface area contributed by atoms with E-state index in [0.29, 0.717) is 42.8 Å². The Morgan fingerprint density at radius 2 is 1.71 bits per heavy atom. The minimum Gasteiger partial charge on any atom is -0.493 e. The number of morpholine rings is 1. The van der Waals surface area contributed by atoms with Crippen LogP contribution in [0.4, 0.5) is 0 Å². The summed E-state index contributed by atoms with van der Waals surface area (Å²) < 4.78 is 16.0. The number of hydrogen-bond acceptors (Lipinski definition) is 6. The third-order valence-electron chi connectivity index (χ3n) is 6.07. The van der Waals surface area contributed by atoms with Gasteiger partial charge in [0.05, 0.1) is 33.9 Å². The van der Waals surface area contributed by atoms with E-state index in [1.54, 1.807) is 50.3 Å². The van der Waals surface area contributed by atoms with Crippen molar-refractivity contribution in [3.8, 4) is 11.5 Å². The van der Waals surface area contributed by atoms with Crippen LogP contribution in [0.1, 0.15) is 18.1 Å². The third-order valence-corrected chi connectivity index (χ3v) is 6.32. The Bertz CT molecular complexity index is 979. The van der Waals surface area contributed by atoms with Crippen molar-refractivity contribution in [1.29, 1.82) is 0 Å². The Labute approximate surface area is 212 Å². The number of amides is 2. The summed E-state index contributed by atoms with van der Waals surface area (Å²) in [4.78, 5) is 30.3. The minimum atomic E-state index is -0.650. The smallest absolute Gasteiger partial charge is 0.242 e. The number of carbonyl (C=O) groups excluding carboxylic acids is 2. The highest BCUT2D eigenvalue weighted by Crippen LogP contribution is 2.28. The molecule has 35 heavy (non-hydrogen) atoms. The lowest BCUT2D eigenvalue weighted by Crippen LogP contribution is -2.49. The van der Waals surface area contributed by atoms with Gasteiger partial charge in [0.2, 0.25) is 11.8 Å². The number of nitrogens with zero attached hydrogens (tertiary/aromatic N) is 2. The molecule has 0 aromatic heterocycles. The molecule has 1 unspecified atom stereocenters. The molecule has 0 aliphatic carbocycles. The molecule has 0 radical (unpaired) electrons. The molecule has 1 atom stereocenters. The maximum atomic E-state index is 13.4. The average molecular weight is 504 g/mol. The van der Waals surface area contributed by atoms with Crippen molar-refractivity contribution in [2.75, 3.05) is 53.6 Å². The lowest BCUT2D eigenvalue weighted by Gasteiger charge is -2.30. The molecule has 1 aliphatic rings. The lowest BCUT2D eigenvalue weighted by molar-refractivity contribution is -0.140. The SMILES string of the molecule is COc1ccc(CC(=O)N(Cc2ccc(Cl)cc2)C(C)C(=O)NCCN2CCOCC2)cc1OC. The molecule has 1 N–H and O–H groups in total. The Morgan fingerprint density at radius 3 is 2.37 bits per heavy atom. The van der Waals surface area contributed by atoms with Crippen molar-refractivity contribution in [1.82, 2.24) is 15.1 Å². The number of ether oxygens (including phenoxy) is 3. The highest BCUT2D eigenvalue weighted by molar-refractivity contribution is 6.30. The highest BCUT2D eigenvalue weighted by Gasteiger charge is 2.26. The van der Waals surface area contributed by atoms with Gasteiger partial charge in [-0.3, -0.25) is 14.5 Å². The summed E-state index contributed by atoms with van der Waals surface area (Å²) in [5, 5.41) is 3.60. The van der Waals surface area contributed by atoms with E-state index in [9.17, 15) is 9.59 Å². The highest BCUT2D eigenvalue weighted by atomic mass is 35.5. The van der Waals surface area contributed by atoms with Gasteiger partial charge in [0.25, 0.3) is 0 Å². The van der Waals surface area contributed by atoms with E-state index in [-0.39, 0.29) is 18.2 Å². The van der Waals surface area contributed by atoms with E-state index in [2.05, 4.69) is 10.2 Å². The molecule has 9 heteroatoms. The number of halogens is 1. The van der Waals surface area contributed by atoms with Gasteiger partial charge in [0.1, 0.15) is 6.04 Å². The summed E-state index contributed by atoms with van der Waals surface area (Å²) in [6.45, 7) is 6.46. The van der Waals surface area contributed by atoms with Crippen LogP contribution in [0.2, 0.25) is 5.02 Å². The number of hydrogen-bond donors (Lipinski definition) is 1. The van der Waals surface area contributed by atoms with Crippen LogP contribution in [0.25, 0.3) is 0 Å². The first-order valence-electron chi connectivity index (χ1n) is 11.7. The molecule has 3 rings (SSSR count).